The number of hydrogen-bond acceptors (Lipinski definition) is 2. The second-order valence-electron chi connectivity index (χ2n) is 14.8. The topological polar surface area (TPSA) is 15.6 Å². The number of unbranched alkanes of at least 4 members (excludes halogenated alkanes) is 1. The van der Waals surface area contributed by atoms with Crippen molar-refractivity contribution in [3.05, 3.63) is 23.8 Å². The van der Waals surface area contributed by atoms with Crippen LogP contribution in [0.2, 0.25) is 0 Å². The monoisotopic (exact) mass is 504 g/mol. The Balaban J connectivity index is 1.16. The van der Waals surface area contributed by atoms with Gasteiger partial charge in [-0.2, -0.15) is 0 Å². The van der Waals surface area contributed by atoms with Crippen molar-refractivity contribution in [2.24, 2.45) is 44.9 Å². The van der Waals surface area contributed by atoms with Gasteiger partial charge in [0.25, 0.3) is 0 Å². The lowest BCUT2D eigenvalue weighted by Crippen LogP contribution is -2.41. The van der Waals surface area contributed by atoms with Crippen LogP contribution < -0.4 is 0 Å². The molecule has 0 aromatic carbocycles. The van der Waals surface area contributed by atoms with Gasteiger partial charge in [0.05, 0.1) is 6.67 Å². The van der Waals surface area contributed by atoms with Crippen LogP contribution in [0.1, 0.15) is 130 Å². The number of allylic oxidation sites excluding steroid dienone is 3. The fraction of sp³-hybridized carbons (Fsp3) is 0.857. The van der Waals surface area contributed by atoms with Crippen molar-refractivity contribution in [3.63, 3.8) is 0 Å². The molecule has 0 amide bonds. The summed E-state index contributed by atoms with van der Waals surface area (Å²) in [5.41, 5.74) is 6.44. The Morgan fingerprint density at radius 1 is 1.05 bits per heavy atom. The number of fused-ring (bicyclic) bond motifs is 1. The second-order valence-corrected chi connectivity index (χ2v) is 14.8. The Morgan fingerprint density at radius 3 is 2.65 bits per heavy atom. The molecular weight excluding hydrogens is 448 g/mol. The first-order chi connectivity index (χ1) is 17.9. The highest BCUT2D eigenvalue weighted by molar-refractivity contribution is 5.85. The lowest BCUT2D eigenvalue weighted by atomic mass is 9.59. The van der Waals surface area contributed by atoms with E-state index in [0.29, 0.717) is 22.2 Å². The van der Waals surface area contributed by atoms with Crippen LogP contribution in [0.5, 0.6) is 0 Å². The minimum absolute atomic E-state index is 0.477. The zero-order valence-electron chi connectivity index (χ0n) is 24.8. The van der Waals surface area contributed by atoms with E-state index in [2.05, 4.69) is 45.2 Å². The molecular formula is C35H56N2. The molecule has 0 bridgehead atoms. The van der Waals surface area contributed by atoms with Crippen molar-refractivity contribution in [1.29, 1.82) is 0 Å². The number of nitrogens with zero attached hydrogens (tertiary/aromatic N) is 2. The van der Waals surface area contributed by atoms with Crippen molar-refractivity contribution >= 4 is 5.71 Å². The summed E-state index contributed by atoms with van der Waals surface area (Å²) >= 11 is 0. The minimum atomic E-state index is 0.477. The minimum Gasteiger partial charge on any atom is -0.281 e. The summed E-state index contributed by atoms with van der Waals surface area (Å²) in [6, 6.07) is 0.784. The third-order valence-corrected chi connectivity index (χ3v) is 13.3. The quantitative estimate of drug-likeness (QED) is 0.271. The van der Waals surface area contributed by atoms with Gasteiger partial charge in [0.2, 0.25) is 0 Å². The molecule has 0 aromatic heterocycles. The van der Waals surface area contributed by atoms with Crippen molar-refractivity contribution in [2.45, 2.75) is 136 Å². The first kappa shape index (κ1) is 26.3. The maximum Gasteiger partial charge on any atom is 0.0911 e. The third-order valence-electron chi connectivity index (χ3n) is 13.3. The molecule has 2 heteroatoms. The molecule has 0 N–H and O–H groups in total. The Labute approximate surface area is 228 Å². The molecule has 7 atom stereocenters. The lowest BCUT2D eigenvalue weighted by molar-refractivity contribution is 0.0524. The van der Waals surface area contributed by atoms with E-state index in [-0.39, 0.29) is 0 Å². The Bertz CT molecular complexity index is 939. The summed E-state index contributed by atoms with van der Waals surface area (Å²) in [6.45, 7) is 16.5. The number of rotatable bonds is 10. The predicted molar refractivity (Wildman–Crippen MR) is 158 cm³/mol. The van der Waals surface area contributed by atoms with Crippen molar-refractivity contribution in [3.8, 4) is 0 Å². The van der Waals surface area contributed by atoms with E-state index in [1.807, 2.05) is 5.57 Å². The molecule has 0 aromatic rings. The van der Waals surface area contributed by atoms with E-state index in [1.165, 1.54) is 121 Å². The van der Waals surface area contributed by atoms with Crippen LogP contribution in [0, 0.1) is 39.9 Å². The number of aliphatic imine (C=N–C) groups is 1. The average Bonchev–Trinajstić information content (AvgIpc) is 3.37. The van der Waals surface area contributed by atoms with Gasteiger partial charge in [0.15, 0.2) is 0 Å². The van der Waals surface area contributed by atoms with Gasteiger partial charge in [-0.3, -0.25) is 9.89 Å². The highest BCUT2D eigenvalue weighted by atomic mass is 15.2. The molecule has 206 valence electrons. The van der Waals surface area contributed by atoms with E-state index in [0.717, 1.165) is 30.5 Å². The molecule has 6 aliphatic rings. The SMILES string of the molecule is C=C1C=C2CCC34C5CCC(/C(C)=N/CN(CCC(C)CCCC)C6CCCC6)C5(C)CCC3C24CC1. The van der Waals surface area contributed by atoms with Gasteiger partial charge in [-0.15, -0.1) is 0 Å². The Hall–Kier alpha value is -0.890. The molecule has 5 fully saturated rings. The smallest absolute Gasteiger partial charge is 0.0911 e. The van der Waals surface area contributed by atoms with Crippen molar-refractivity contribution in [2.75, 3.05) is 13.2 Å². The van der Waals surface area contributed by atoms with Crippen molar-refractivity contribution in [1.82, 2.24) is 4.90 Å². The fourth-order valence-electron chi connectivity index (χ4n) is 11.5. The lowest BCUT2D eigenvalue weighted by Gasteiger charge is -2.45. The highest BCUT2D eigenvalue weighted by Gasteiger charge is 2.84. The molecule has 7 unspecified atom stereocenters. The first-order valence-corrected chi connectivity index (χ1v) is 16.5. The zero-order valence-corrected chi connectivity index (χ0v) is 24.8. The zero-order chi connectivity index (χ0) is 25.8. The maximum absolute atomic E-state index is 5.46. The van der Waals surface area contributed by atoms with E-state index in [1.54, 1.807) is 0 Å². The molecule has 0 radical (unpaired) electrons. The molecule has 0 heterocycles. The van der Waals surface area contributed by atoms with Crippen LogP contribution in [0.4, 0.5) is 0 Å². The van der Waals surface area contributed by atoms with E-state index < -0.39 is 0 Å². The van der Waals surface area contributed by atoms with E-state index in [9.17, 15) is 0 Å². The van der Waals surface area contributed by atoms with Crippen LogP contribution in [-0.4, -0.2) is 29.9 Å². The first-order valence-electron chi connectivity index (χ1n) is 16.5. The van der Waals surface area contributed by atoms with Gasteiger partial charge in [0.1, 0.15) is 0 Å². The molecule has 0 aliphatic heterocycles. The predicted octanol–water partition coefficient (Wildman–Crippen LogP) is 9.36. The third kappa shape index (κ3) is 4.00. The highest BCUT2D eigenvalue weighted by Crippen LogP contribution is 2.91. The molecule has 37 heavy (non-hydrogen) atoms. The summed E-state index contributed by atoms with van der Waals surface area (Å²) in [7, 11) is 0. The van der Waals surface area contributed by atoms with Crippen LogP contribution >= 0.6 is 0 Å². The summed E-state index contributed by atoms with van der Waals surface area (Å²) in [5.74, 6) is 3.49. The molecule has 2 nitrogen and oxygen atoms in total. The van der Waals surface area contributed by atoms with Crippen molar-refractivity contribution < 1.29 is 0 Å². The van der Waals surface area contributed by atoms with Gasteiger partial charge < -0.3 is 0 Å². The molecule has 6 aliphatic carbocycles. The van der Waals surface area contributed by atoms with Gasteiger partial charge in [0, 0.05) is 29.6 Å². The van der Waals surface area contributed by atoms with Gasteiger partial charge in [-0.25, -0.2) is 0 Å². The second kappa shape index (κ2) is 9.94. The summed E-state index contributed by atoms with van der Waals surface area (Å²) in [5, 5.41) is 0. The Kier molecular flexibility index (Phi) is 7.08. The van der Waals surface area contributed by atoms with E-state index >= 15 is 0 Å². The van der Waals surface area contributed by atoms with E-state index in [4.69, 9.17) is 4.99 Å². The largest absolute Gasteiger partial charge is 0.281 e. The normalized spacial score (nSPS) is 41.9. The average molecular weight is 505 g/mol. The maximum atomic E-state index is 5.46. The standard InChI is InChI=1S/C35H56N2/c1-6-7-10-25(2)18-22-37(29-11-8-9-12-29)24-36-27(4)30-13-14-31-33(30,5)19-17-32-34-20-15-26(3)23-28(34)16-21-35(31,32)34/h23,25,29-32H,3,6-22,24H2,1-2,4-5H3/b36-27+. The number of hydrogen-bond donors (Lipinski definition) is 0. The summed E-state index contributed by atoms with van der Waals surface area (Å²) in [4.78, 5) is 8.25. The Morgan fingerprint density at radius 2 is 1.86 bits per heavy atom. The van der Waals surface area contributed by atoms with Gasteiger partial charge in [-0.1, -0.05) is 76.7 Å². The fourth-order valence-corrected chi connectivity index (χ4v) is 11.5. The van der Waals surface area contributed by atoms with Crippen LogP contribution in [0.15, 0.2) is 28.8 Å². The summed E-state index contributed by atoms with van der Waals surface area (Å²) in [6.07, 6.45) is 24.9. The van der Waals surface area contributed by atoms with Crippen LogP contribution in [0.25, 0.3) is 0 Å². The van der Waals surface area contributed by atoms with Crippen LogP contribution in [-0.2, 0) is 0 Å². The summed E-state index contributed by atoms with van der Waals surface area (Å²) < 4.78 is 0. The van der Waals surface area contributed by atoms with Gasteiger partial charge in [-0.05, 0) is 106 Å². The molecule has 2 spiro atoms. The van der Waals surface area contributed by atoms with Crippen LogP contribution in [0.3, 0.4) is 0 Å². The molecule has 6 rings (SSSR count). The van der Waals surface area contributed by atoms with Gasteiger partial charge >= 0.3 is 0 Å². The molecule has 0 saturated heterocycles. The molecule has 5 saturated carbocycles.